The lowest BCUT2D eigenvalue weighted by molar-refractivity contribution is 0.162. The average molecular weight is 98.1 g/mol. The molecule has 7 heavy (non-hydrogen) atoms. The summed E-state index contributed by atoms with van der Waals surface area (Å²) in [6, 6.07) is 0.662. The Bertz CT molecular complexity index is 66.1. The molecule has 2 fully saturated rings. The van der Waals surface area contributed by atoms with Crippen molar-refractivity contribution in [2.24, 2.45) is 0 Å². The monoisotopic (exact) mass is 98.1 g/mol. The number of morpholine rings is 1. The molecule has 2 aliphatic heterocycles. The summed E-state index contributed by atoms with van der Waals surface area (Å²) in [7, 11) is 0. The molecule has 0 amide bonds. The summed E-state index contributed by atoms with van der Waals surface area (Å²) in [4.78, 5) is 0. The van der Waals surface area contributed by atoms with Crippen molar-refractivity contribution in [1.82, 2.24) is 5.32 Å². The molecule has 1 N–H and O–H groups in total. The Morgan fingerprint density at radius 1 is 1.71 bits per heavy atom. The summed E-state index contributed by atoms with van der Waals surface area (Å²) in [5, 5.41) is 3.29. The minimum Gasteiger partial charge on any atom is -0.369 e. The molecular formula is C5H8NO. The highest BCUT2D eigenvalue weighted by atomic mass is 16.5. The van der Waals surface area contributed by atoms with Crippen LogP contribution in [-0.4, -0.2) is 19.2 Å². The molecule has 39 valence electrons. The average Bonchev–Trinajstić information content (AvgIpc) is 2.22. The molecule has 0 saturated carbocycles. The third-order valence-corrected chi connectivity index (χ3v) is 1.55. The fraction of sp³-hybridized carbons (Fsp3) is 0.800. The third-order valence-electron chi connectivity index (χ3n) is 1.55. The summed E-state index contributed by atoms with van der Waals surface area (Å²) in [5.41, 5.74) is 0. The van der Waals surface area contributed by atoms with Gasteiger partial charge >= 0.3 is 0 Å². The van der Waals surface area contributed by atoms with E-state index < -0.39 is 0 Å². The molecule has 2 rings (SSSR count). The second-order valence-electron chi connectivity index (χ2n) is 2.13. The zero-order chi connectivity index (χ0) is 4.69. The van der Waals surface area contributed by atoms with Gasteiger partial charge in [-0.1, -0.05) is 0 Å². The van der Waals surface area contributed by atoms with E-state index in [9.17, 15) is 0 Å². The van der Waals surface area contributed by atoms with E-state index in [0.717, 1.165) is 13.2 Å². The van der Waals surface area contributed by atoms with Crippen molar-refractivity contribution in [1.29, 1.82) is 0 Å². The van der Waals surface area contributed by atoms with Crippen LogP contribution in [0.5, 0.6) is 0 Å². The smallest absolute Gasteiger partial charge is 0.112 e. The highest BCUT2D eigenvalue weighted by molar-refractivity contribution is 5.00. The number of ether oxygens (including phenoxy) is 1. The van der Waals surface area contributed by atoms with Crippen LogP contribution in [0.2, 0.25) is 0 Å². The first-order chi connectivity index (χ1) is 3.45. The summed E-state index contributed by atoms with van der Waals surface area (Å²) in [6.45, 7) is 1.92. The SMILES string of the molecule is C1NC2CO[C]1C2. The van der Waals surface area contributed by atoms with Gasteiger partial charge < -0.3 is 10.1 Å². The van der Waals surface area contributed by atoms with Crippen molar-refractivity contribution in [2.45, 2.75) is 12.5 Å². The lowest BCUT2D eigenvalue weighted by atomic mass is 10.3. The van der Waals surface area contributed by atoms with Gasteiger partial charge in [-0.25, -0.2) is 0 Å². The Kier molecular flexibility index (Phi) is 0.664. The zero-order valence-corrected chi connectivity index (χ0v) is 4.11. The summed E-state index contributed by atoms with van der Waals surface area (Å²) >= 11 is 0. The number of fused-ring (bicyclic) bond motifs is 2. The first-order valence-corrected chi connectivity index (χ1v) is 2.66. The van der Waals surface area contributed by atoms with E-state index in [-0.39, 0.29) is 0 Å². The minimum atomic E-state index is 0.662. The van der Waals surface area contributed by atoms with Gasteiger partial charge in [0, 0.05) is 12.6 Å². The van der Waals surface area contributed by atoms with Gasteiger partial charge in [-0.2, -0.15) is 0 Å². The Morgan fingerprint density at radius 2 is 2.71 bits per heavy atom. The van der Waals surface area contributed by atoms with Gasteiger partial charge in [0.15, 0.2) is 0 Å². The molecule has 2 heteroatoms. The van der Waals surface area contributed by atoms with Gasteiger partial charge in [0.25, 0.3) is 0 Å². The van der Waals surface area contributed by atoms with Crippen molar-refractivity contribution in [3.05, 3.63) is 6.10 Å². The largest absolute Gasteiger partial charge is 0.369 e. The third kappa shape index (κ3) is 0.469. The van der Waals surface area contributed by atoms with E-state index in [1.54, 1.807) is 0 Å². The maximum absolute atomic E-state index is 5.21. The van der Waals surface area contributed by atoms with Gasteiger partial charge in [-0.05, 0) is 6.42 Å². The van der Waals surface area contributed by atoms with Crippen LogP contribution < -0.4 is 5.32 Å². The molecule has 0 aliphatic carbocycles. The predicted octanol–water partition coefficient (Wildman–Crippen LogP) is -0.0895. The second kappa shape index (κ2) is 1.20. The van der Waals surface area contributed by atoms with Crippen molar-refractivity contribution < 1.29 is 4.74 Å². The normalized spacial score (nSPS) is 40.3. The molecule has 0 aromatic carbocycles. The molecular weight excluding hydrogens is 90.1 g/mol. The maximum Gasteiger partial charge on any atom is 0.112 e. The molecule has 0 aromatic rings. The second-order valence-corrected chi connectivity index (χ2v) is 2.13. The summed E-state index contributed by atoms with van der Waals surface area (Å²) in [5.74, 6) is 0. The zero-order valence-electron chi connectivity index (χ0n) is 4.11. The molecule has 2 aliphatic rings. The van der Waals surface area contributed by atoms with Gasteiger partial charge in [0.05, 0.1) is 6.61 Å². The van der Waals surface area contributed by atoms with Crippen LogP contribution in [-0.2, 0) is 4.74 Å². The highest BCUT2D eigenvalue weighted by Gasteiger charge is 2.32. The topological polar surface area (TPSA) is 21.3 Å². The van der Waals surface area contributed by atoms with Crippen LogP contribution in [0.25, 0.3) is 0 Å². The van der Waals surface area contributed by atoms with Gasteiger partial charge in [0.2, 0.25) is 0 Å². The van der Waals surface area contributed by atoms with E-state index in [0.29, 0.717) is 6.04 Å². The van der Waals surface area contributed by atoms with Crippen LogP contribution in [0.3, 0.4) is 0 Å². The number of rotatable bonds is 0. The molecule has 2 saturated heterocycles. The molecule has 1 atom stereocenters. The van der Waals surface area contributed by atoms with Crippen molar-refractivity contribution >= 4 is 0 Å². The van der Waals surface area contributed by atoms with E-state index in [4.69, 9.17) is 4.74 Å². The highest BCUT2D eigenvalue weighted by Crippen LogP contribution is 2.24. The molecule has 2 nitrogen and oxygen atoms in total. The van der Waals surface area contributed by atoms with Crippen LogP contribution in [0.15, 0.2) is 0 Å². The molecule has 2 heterocycles. The Labute approximate surface area is 42.9 Å². The Balaban J connectivity index is 2.12. The molecule has 0 spiro atoms. The molecule has 1 radical (unpaired) electrons. The molecule has 2 bridgehead atoms. The molecule has 0 aromatic heterocycles. The van der Waals surface area contributed by atoms with Crippen LogP contribution >= 0.6 is 0 Å². The lowest BCUT2D eigenvalue weighted by Gasteiger charge is -2.09. The number of hydrogen-bond acceptors (Lipinski definition) is 2. The van der Waals surface area contributed by atoms with Gasteiger partial charge in [0.1, 0.15) is 6.10 Å². The summed E-state index contributed by atoms with van der Waals surface area (Å²) < 4.78 is 5.21. The quantitative estimate of drug-likeness (QED) is 0.457. The van der Waals surface area contributed by atoms with Crippen molar-refractivity contribution in [3.8, 4) is 0 Å². The fourth-order valence-electron chi connectivity index (χ4n) is 1.12. The molecule has 1 unspecified atom stereocenters. The minimum absolute atomic E-state index is 0.662. The Morgan fingerprint density at radius 3 is 2.86 bits per heavy atom. The fourth-order valence-corrected chi connectivity index (χ4v) is 1.12. The number of nitrogens with one attached hydrogen (secondary N) is 1. The maximum atomic E-state index is 5.21. The Hall–Kier alpha value is -0.0800. The van der Waals surface area contributed by atoms with E-state index in [1.807, 2.05) is 0 Å². The van der Waals surface area contributed by atoms with E-state index in [1.165, 1.54) is 12.5 Å². The van der Waals surface area contributed by atoms with Crippen molar-refractivity contribution in [3.63, 3.8) is 0 Å². The van der Waals surface area contributed by atoms with Gasteiger partial charge in [-0.3, -0.25) is 0 Å². The van der Waals surface area contributed by atoms with Crippen LogP contribution in [0.1, 0.15) is 6.42 Å². The van der Waals surface area contributed by atoms with Gasteiger partial charge in [-0.15, -0.1) is 0 Å². The van der Waals surface area contributed by atoms with E-state index >= 15 is 0 Å². The van der Waals surface area contributed by atoms with Crippen LogP contribution in [0.4, 0.5) is 0 Å². The lowest BCUT2D eigenvalue weighted by Crippen LogP contribution is -2.28. The van der Waals surface area contributed by atoms with Crippen molar-refractivity contribution in [2.75, 3.05) is 13.2 Å². The summed E-state index contributed by atoms with van der Waals surface area (Å²) in [6.07, 6.45) is 2.42. The first-order valence-electron chi connectivity index (χ1n) is 2.66. The number of hydrogen-bond donors (Lipinski definition) is 1. The first kappa shape index (κ1) is 3.87. The van der Waals surface area contributed by atoms with E-state index in [2.05, 4.69) is 5.32 Å². The standard InChI is InChI=1S/C5H8NO/c1-4-3-7-5(1)2-6-4/h4,6H,1-3H2. The predicted molar refractivity (Wildman–Crippen MR) is 25.6 cm³/mol. The van der Waals surface area contributed by atoms with Crippen LogP contribution in [0, 0.1) is 6.10 Å².